The fourth-order valence-electron chi connectivity index (χ4n) is 5.63. The van der Waals surface area contributed by atoms with Gasteiger partial charge in [0, 0.05) is 53.3 Å². The van der Waals surface area contributed by atoms with Crippen molar-refractivity contribution in [1.29, 1.82) is 0 Å². The van der Waals surface area contributed by atoms with E-state index in [1.807, 2.05) is 72.8 Å². The quantitative estimate of drug-likeness (QED) is 0.304. The van der Waals surface area contributed by atoms with Crippen molar-refractivity contribution in [2.75, 3.05) is 23.3 Å². The molecule has 1 saturated heterocycles. The first-order valence-corrected chi connectivity index (χ1v) is 12.6. The van der Waals surface area contributed by atoms with Crippen LogP contribution in [0.3, 0.4) is 0 Å². The van der Waals surface area contributed by atoms with Crippen molar-refractivity contribution in [2.24, 2.45) is 0 Å². The summed E-state index contributed by atoms with van der Waals surface area (Å²) >= 11 is 6.74. The Labute approximate surface area is 214 Å². The first-order valence-electron chi connectivity index (χ1n) is 12.2. The standard InChI is InChI=1S/C30H23ClN2O3/c31-25-18-28-24(17-26(25)32-19-8-2-1-3-9-19)30(22-11-5-4-10-21(22)29(34)36-30)23-13-12-20(16-27(23)35-28)33-14-6-7-15-33/h1-5,8-13,16-18,32H,6-7,14-15H2. The maximum absolute atomic E-state index is 13.2. The van der Waals surface area contributed by atoms with Crippen LogP contribution in [0, 0.1) is 0 Å². The number of esters is 1. The molecule has 5 nitrogen and oxygen atoms in total. The van der Waals surface area contributed by atoms with E-state index in [4.69, 9.17) is 21.1 Å². The lowest BCUT2D eigenvalue weighted by Crippen LogP contribution is -2.33. The first-order chi connectivity index (χ1) is 17.6. The Morgan fingerprint density at radius 3 is 2.39 bits per heavy atom. The second kappa shape index (κ2) is 8.04. The third-order valence-electron chi connectivity index (χ3n) is 7.31. The van der Waals surface area contributed by atoms with Crippen LogP contribution >= 0.6 is 11.6 Å². The summed E-state index contributed by atoms with van der Waals surface area (Å²) in [5, 5.41) is 3.92. The van der Waals surface area contributed by atoms with Crippen molar-refractivity contribution in [1.82, 2.24) is 0 Å². The predicted octanol–water partition coefficient (Wildman–Crippen LogP) is 7.25. The van der Waals surface area contributed by atoms with E-state index in [9.17, 15) is 4.79 Å². The minimum Gasteiger partial charge on any atom is -0.456 e. The van der Waals surface area contributed by atoms with Crippen LogP contribution in [0.1, 0.15) is 39.9 Å². The number of ether oxygens (including phenoxy) is 2. The first kappa shape index (κ1) is 21.3. The Morgan fingerprint density at radius 1 is 0.806 bits per heavy atom. The summed E-state index contributed by atoms with van der Waals surface area (Å²) < 4.78 is 12.8. The summed E-state index contributed by atoms with van der Waals surface area (Å²) in [5.74, 6) is 0.908. The third kappa shape index (κ3) is 3.12. The van der Waals surface area contributed by atoms with E-state index < -0.39 is 5.60 Å². The molecule has 3 aliphatic rings. The largest absolute Gasteiger partial charge is 0.456 e. The molecule has 0 aromatic heterocycles. The molecule has 4 aromatic rings. The molecule has 3 aliphatic heterocycles. The van der Waals surface area contributed by atoms with Gasteiger partial charge in [0.25, 0.3) is 0 Å². The molecular weight excluding hydrogens is 472 g/mol. The molecule has 6 heteroatoms. The van der Waals surface area contributed by atoms with Gasteiger partial charge in [-0.05, 0) is 49.2 Å². The van der Waals surface area contributed by atoms with Crippen LogP contribution in [-0.2, 0) is 10.3 Å². The number of hydrogen-bond donors (Lipinski definition) is 1. The number of halogens is 1. The van der Waals surface area contributed by atoms with Gasteiger partial charge < -0.3 is 19.7 Å². The van der Waals surface area contributed by atoms with E-state index in [2.05, 4.69) is 22.3 Å². The Balaban J connectivity index is 1.44. The van der Waals surface area contributed by atoms with Crippen molar-refractivity contribution in [3.63, 3.8) is 0 Å². The predicted molar refractivity (Wildman–Crippen MR) is 141 cm³/mol. The van der Waals surface area contributed by atoms with Gasteiger partial charge in [0.05, 0.1) is 16.3 Å². The molecule has 1 N–H and O–H groups in total. The van der Waals surface area contributed by atoms with Crippen LogP contribution in [0.25, 0.3) is 0 Å². The molecule has 0 saturated carbocycles. The molecule has 36 heavy (non-hydrogen) atoms. The number of anilines is 3. The zero-order valence-electron chi connectivity index (χ0n) is 19.5. The van der Waals surface area contributed by atoms with E-state index in [1.165, 1.54) is 12.8 Å². The minimum atomic E-state index is -1.13. The summed E-state index contributed by atoms with van der Waals surface area (Å²) in [5.41, 5.74) is 4.52. The zero-order chi connectivity index (χ0) is 24.3. The van der Waals surface area contributed by atoms with Gasteiger partial charge in [-0.1, -0.05) is 48.0 Å². The summed E-state index contributed by atoms with van der Waals surface area (Å²) in [7, 11) is 0. The molecule has 3 heterocycles. The van der Waals surface area contributed by atoms with E-state index in [0.717, 1.165) is 41.2 Å². The molecule has 178 valence electrons. The lowest BCUT2D eigenvalue weighted by atomic mass is 9.77. The fourth-order valence-corrected chi connectivity index (χ4v) is 5.83. The second-order valence-corrected chi connectivity index (χ2v) is 9.82. The Morgan fingerprint density at radius 2 is 1.56 bits per heavy atom. The summed E-state index contributed by atoms with van der Waals surface area (Å²) in [4.78, 5) is 15.5. The number of rotatable bonds is 3. The van der Waals surface area contributed by atoms with E-state index >= 15 is 0 Å². The van der Waals surface area contributed by atoms with Crippen molar-refractivity contribution < 1.29 is 14.3 Å². The van der Waals surface area contributed by atoms with Gasteiger partial charge in [-0.15, -0.1) is 0 Å². The second-order valence-electron chi connectivity index (χ2n) is 9.41. The topological polar surface area (TPSA) is 50.8 Å². The molecule has 4 aromatic carbocycles. The number of fused-ring (bicyclic) bond motifs is 6. The normalized spacial score (nSPS) is 19.4. The van der Waals surface area contributed by atoms with Crippen molar-refractivity contribution in [3.05, 3.63) is 112 Å². The number of carbonyl (C=O) groups is 1. The Hall–Kier alpha value is -3.96. The van der Waals surface area contributed by atoms with Gasteiger partial charge in [-0.3, -0.25) is 0 Å². The lowest BCUT2D eigenvalue weighted by molar-refractivity contribution is 0.0224. The van der Waals surface area contributed by atoms with Crippen LogP contribution < -0.4 is 15.0 Å². The average molecular weight is 495 g/mol. The van der Waals surface area contributed by atoms with E-state index in [-0.39, 0.29) is 5.97 Å². The Kier molecular flexibility index (Phi) is 4.76. The minimum absolute atomic E-state index is 0.347. The third-order valence-corrected chi connectivity index (χ3v) is 7.62. The number of hydrogen-bond acceptors (Lipinski definition) is 5. The van der Waals surface area contributed by atoms with Crippen LogP contribution in [0.15, 0.2) is 84.9 Å². The molecule has 1 unspecified atom stereocenters. The van der Waals surface area contributed by atoms with Gasteiger partial charge in [0.2, 0.25) is 0 Å². The molecule has 0 bridgehead atoms. The SMILES string of the molecule is O=C1OC2(c3ccc(N4CCCC4)cc3Oc3cc(Cl)c(Nc4ccccc4)cc32)c2ccccc21. The van der Waals surface area contributed by atoms with Crippen LogP contribution in [0.5, 0.6) is 11.5 Å². The van der Waals surface area contributed by atoms with Crippen molar-refractivity contribution >= 4 is 34.6 Å². The number of benzene rings is 4. The van der Waals surface area contributed by atoms with Gasteiger partial charge in [0.15, 0.2) is 5.60 Å². The summed E-state index contributed by atoms with van der Waals surface area (Å²) in [6.07, 6.45) is 2.37. The van der Waals surface area contributed by atoms with Crippen molar-refractivity contribution in [3.8, 4) is 11.5 Å². The smallest absolute Gasteiger partial charge is 0.340 e. The number of para-hydroxylation sites is 1. The maximum Gasteiger partial charge on any atom is 0.340 e. The highest BCUT2D eigenvalue weighted by Gasteiger charge is 2.53. The van der Waals surface area contributed by atoms with Gasteiger partial charge in [0.1, 0.15) is 11.5 Å². The van der Waals surface area contributed by atoms with Crippen LogP contribution in [0.4, 0.5) is 17.1 Å². The molecule has 0 aliphatic carbocycles. The van der Waals surface area contributed by atoms with E-state index in [0.29, 0.717) is 27.8 Å². The van der Waals surface area contributed by atoms with Crippen LogP contribution in [-0.4, -0.2) is 19.1 Å². The highest BCUT2D eigenvalue weighted by Crippen LogP contribution is 2.57. The van der Waals surface area contributed by atoms with Gasteiger partial charge in [-0.25, -0.2) is 4.79 Å². The van der Waals surface area contributed by atoms with Gasteiger partial charge in [-0.2, -0.15) is 0 Å². The zero-order valence-corrected chi connectivity index (χ0v) is 20.2. The molecule has 1 fully saturated rings. The molecular formula is C30H23ClN2O3. The average Bonchev–Trinajstić information content (AvgIpc) is 3.54. The number of carbonyl (C=O) groups excluding carboxylic acids is 1. The van der Waals surface area contributed by atoms with Crippen LogP contribution in [0.2, 0.25) is 5.02 Å². The highest BCUT2D eigenvalue weighted by molar-refractivity contribution is 6.33. The summed E-state index contributed by atoms with van der Waals surface area (Å²) in [6.45, 7) is 2.05. The maximum atomic E-state index is 13.2. The molecule has 1 spiro atoms. The molecule has 7 rings (SSSR count). The number of nitrogens with one attached hydrogen (secondary N) is 1. The molecule has 1 atom stereocenters. The molecule has 0 radical (unpaired) electrons. The monoisotopic (exact) mass is 494 g/mol. The fraction of sp³-hybridized carbons (Fsp3) is 0.167. The Bertz CT molecular complexity index is 1510. The van der Waals surface area contributed by atoms with E-state index in [1.54, 1.807) is 0 Å². The lowest BCUT2D eigenvalue weighted by Gasteiger charge is -2.37. The number of nitrogens with zero attached hydrogens (tertiary/aromatic N) is 1. The molecule has 0 amide bonds. The highest BCUT2D eigenvalue weighted by atomic mass is 35.5. The van der Waals surface area contributed by atoms with Crippen molar-refractivity contribution in [2.45, 2.75) is 18.4 Å². The summed E-state index contributed by atoms with van der Waals surface area (Å²) in [6, 6.07) is 27.4. The van der Waals surface area contributed by atoms with Gasteiger partial charge >= 0.3 is 5.97 Å².